The van der Waals surface area contributed by atoms with Gasteiger partial charge in [0.15, 0.2) is 6.10 Å². The zero-order chi connectivity index (χ0) is 23.1. The van der Waals surface area contributed by atoms with Gasteiger partial charge < -0.3 is 15.4 Å². The summed E-state index contributed by atoms with van der Waals surface area (Å²) in [6.07, 6.45) is -0.689. The molecule has 0 aromatic heterocycles. The fourth-order valence-corrected chi connectivity index (χ4v) is 3.15. The lowest BCUT2D eigenvalue weighted by atomic mass is 9.87. The molecule has 1 atom stereocenters. The van der Waals surface area contributed by atoms with Crippen LogP contribution in [0.1, 0.15) is 49.2 Å². The molecule has 166 valence electrons. The third kappa shape index (κ3) is 6.45. The van der Waals surface area contributed by atoms with Crippen LogP contribution < -0.4 is 15.4 Å². The van der Waals surface area contributed by atoms with Gasteiger partial charge in [-0.05, 0) is 53.8 Å². The smallest absolute Gasteiger partial charge is 0.265 e. The van der Waals surface area contributed by atoms with E-state index in [0.29, 0.717) is 23.5 Å². The van der Waals surface area contributed by atoms with Crippen molar-refractivity contribution in [2.45, 2.75) is 45.8 Å². The second-order valence-electron chi connectivity index (χ2n) is 8.77. The van der Waals surface area contributed by atoms with Crippen LogP contribution in [0.25, 0.3) is 0 Å². The van der Waals surface area contributed by atoms with E-state index in [1.165, 1.54) is 5.56 Å². The van der Waals surface area contributed by atoms with E-state index in [2.05, 4.69) is 31.4 Å². The van der Waals surface area contributed by atoms with Gasteiger partial charge in [-0.3, -0.25) is 9.59 Å². The highest BCUT2D eigenvalue weighted by Gasteiger charge is 2.17. The fourth-order valence-electron chi connectivity index (χ4n) is 3.15. The van der Waals surface area contributed by atoms with Crippen LogP contribution in [0.4, 0.5) is 5.69 Å². The molecule has 0 bridgehead atoms. The molecule has 0 spiro atoms. The molecular formula is C27H30N2O3. The summed E-state index contributed by atoms with van der Waals surface area (Å²) in [6.45, 7) is 8.58. The predicted molar refractivity (Wildman–Crippen MR) is 128 cm³/mol. The lowest BCUT2D eigenvalue weighted by molar-refractivity contribution is -0.122. The molecule has 0 aliphatic rings. The van der Waals surface area contributed by atoms with Crippen molar-refractivity contribution in [3.63, 3.8) is 0 Å². The first-order chi connectivity index (χ1) is 15.2. The van der Waals surface area contributed by atoms with Crippen LogP contribution in [0, 0.1) is 0 Å². The monoisotopic (exact) mass is 430 g/mol. The van der Waals surface area contributed by atoms with Crippen molar-refractivity contribution in [1.82, 2.24) is 5.32 Å². The number of anilines is 1. The van der Waals surface area contributed by atoms with Crippen molar-refractivity contribution in [2.75, 3.05) is 5.32 Å². The normalized spacial score (nSPS) is 12.0. The molecule has 0 saturated heterocycles. The third-order valence-electron chi connectivity index (χ3n) is 5.09. The molecule has 2 amide bonds. The van der Waals surface area contributed by atoms with E-state index in [1.807, 2.05) is 54.6 Å². The van der Waals surface area contributed by atoms with Crippen LogP contribution in [-0.2, 0) is 16.8 Å². The molecule has 5 nitrogen and oxygen atoms in total. The van der Waals surface area contributed by atoms with Gasteiger partial charge in [0, 0.05) is 17.8 Å². The number of nitrogens with one attached hydrogen (secondary N) is 2. The molecule has 3 rings (SSSR count). The molecule has 32 heavy (non-hydrogen) atoms. The number of rotatable bonds is 7. The van der Waals surface area contributed by atoms with Crippen LogP contribution >= 0.6 is 0 Å². The Morgan fingerprint density at radius 3 is 2.25 bits per heavy atom. The molecule has 0 aliphatic heterocycles. The zero-order valence-corrected chi connectivity index (χ0v) is 19.0. The van der Waals surface area contributed by atoms with Gasteiger partial charge in [-0.15, -0.1) is 0 Å². The Morgan fingerprint density at radius 1 is 0.906 bits per heavy atom. The Bertz CT molecular complexity index is 1050. The second-order valence-corrected chi connectivity index (χ2v) is 8.77. The lowest BCUT2D eigenvalue weighted by Crippen LogP contribution is -2.30. The highest BCUT2D eigenvalue weighted by atomic mass is 16.5. The SMILES string of the molecule is CC(Oc1ccc(C(C)(C)C)cc1)C(=O)Nc1cccc(C(=O)NCc2ccccc2)c1. The molecule has 0 aliphatic carbocycles. The molecule has 0 saturated carbocycles. The fraction of sp³-hybridized carbons (Fsp3) is 0.259. The third-order valence-corrected chi connectivity index (χ3v) is 5.09. The maximum atomic E-state index is 12.6. The summed E-state index contributed by atoms with van der Waals surface area (Å²) in [6, 6.07) is 24.3. The molecule has 3 aromatic rings. The summed E-state index contributed by atoms with van der Waals surface area (Å²) in [4.78, 5) is 25.1. The molecule has 2 N–H and O–H groups in total. The van der Waals surface area contributed by atoms with Gasteiger partial charge >= 0.3 is 0 Å². The topological polar surface area (TPSA) is 67.4 Å². The van der Waals surface area contributed by atoms with Gasteiger partial charge in [-0.1, -0.05) is 69.3 Å². The average Bonchev–Trinajstić information content (AvgIpc) is 2.78. The van der Waals surface area contributed by atoms with E-state index in [9.17, 15) is 9.59 Å². The van der Waals surface area contributed by atoms with Crippen molar-refractivity contribution in [1.29, 1.82) is 0 Å². The minimum atomic E-state index is -0.689. The average molecular weight is 431 g/mol. The molecule has 5 heteroatoms. The van der Waals surface area contributed by atoms with Gasteiger partial charge in [0.25, 0.3) is 11.8 Å². The Hall–Kier alpha value is -3.60. The number of carbonyl (C=O) groups excluding carboxylic acids is 2. The summed E-state index contributed by atoms with van der Waals surface area (Å²) in [5.74, 6) is 0.148. The Balaban J connectivity index is 1.57. The summed E-state index contributed by atoms with van der Waals surface area (Å²) in [7, 11) is 0. The highest BCUT2D eigenvalue weighted by molar-refractivity contribution is 5.98. The number of ether oxygens (including phenoxy) is 1. The molecule has 0 radical (unpaired) electrons. The number of amides is 2. The van der Waals surface area contributed by atoms with Gasteiger partial charge in [0.1, 0.15) is 5.75 Å². The largest absolute Gasteiger partial charge is 0.481 e. The van der Waals surface area contributed by atoms with Crippen LogP contribution in [0.3, 0.4) is 0 Å². The van der Waals surface area contributed by atoms with E-state index >= 15 is 0 Å². The number of carbonyl (C=O) groups is 2. The van der Waals surface area contributed by atoms with E-state index in [-0.39, 0.29) is 17.2 Å². The van der Waals surface area contributed by atoms with Gasteiger partial charge in [0.2, 0.25) is 0 Å². The van der Waals surface area contributed by atoms with Crippen molar-refractivity contribution < 1.29 is 14.3 Å². The number of hydrogen-bond donors (Lipinski definition) is 2. The Morgan fingerprint density at radius 2 is 1.59 bits per heavy atom. The standard InChI is InChI=1S/C27H30N2O3/c1-19(32-24-15-13-22(14-16-24)27(2,3)4)25(30)29-23-12-8-11-21(17-23)26(31)28-18-20-9-6-5-7-10-20/h5-17,19H,18H2,1-4H3,(H,28,31)(H,29,30). The molecule has 0 fully saturated rings. The van der Waals surface area contributed by atoms with Crippen LogP contribution in [-0.4, -0.2) is 17.9 Å². The van der Waals surface area contributed by atoms with Crippen molar-refractivity contribution in [3.8, 4) is 5.75 Å². The highest BCUT2D eigenvalue weighted by Crippen LogP contribution is 2.24. The predicted octanol–water partition coefficient (Wildman–Crippen LogP) is 5.32. The summed E-state index contributed by atoms with van der Waals surface area (Å²) in [5, 5.41) is 5.71. The van der Waals surface area contributed by atoms with Crippen LogP contribution in [0.5, 0.6) is 5.75 Å². The Kier molecular flexibility index (Phi) is 7.31. The molecule has 0 heterocycles. The van der Waals surface area contributed by atoms with E-state index < -0.39 is 6.10 Å². The van der Waals surface area contributed by atoms with Crippen molar-refractivity contribution >= 4 is 17.5 Å². The first-order valence-corrected chi connectivity index (χ1v) is 10.7. The van der Waals surface area contributed by atoms with E-state index in [1.54, 1.807) is 31.2 Å². The van der Waals surface area contributed by atoms with Crippen molar-refractivity contribution in [3.05, 3.63) is 95.6 Å². The van der Waals surface area contributed by atoms with Gasteiger partial charge in [-0.25, -0.2) is 0 Å². The molecule has 1 unspecified atom stereocenters. The van der Waals surface area contributed by atoms with Crippen LogP contribution in [0.15, 0.2) is 78.9 Å². The van der Waals surface area contributed by atoms with E-state index in [4.69, 9.17) is 4.74 Å². The molecule has 3 aromatic carbocycles. The molecular weight excluding hydrogens is 400 g/mol. The number of benzene rings is 3. The van der Waals surface area contributed by atoms with E-state index in [0.717, 1.165) is 5.56 Å². The summed E-state index contributed by atoms with van der Waals surface area (Å²) in [5.41, 5.74) is 3.29. The second kappa shape index (κ2) is 10.1. The minimum absolute atomic E-state index is 0.0555. The first-order valence-electron chi connectivity index (χ1n) is 10.7. The maximum absolute atomic E-state index is 12.6. The quantitative estimate of drug-likeness (QED) is 0.533. The maximum Gasteiger partial charge on any atom is 0.265 e. The lowest BCUT2D eigenvalue weighted by Gasteiger charge is -2.20. The summed E-state index contributed by atoms with van der Waals surface area (Å²) >= 11 is 0. The Labute approximate surface area is 189 Å². The van der Waals surface area contributed by atoms with Gasteiger partial charge in [-0.2, -0.15) is 0 Å². The minimum Gasteiger partial charge on any atom is -0.481 e. The summed E-state index contributed by atoms with van der Waals surface area (Å²) < 4.78 is 5.79. The van der Waals surface area contributed by atoms with Crippen LogP contribution in [0.2, 0.25) is 0 Å². The van der Waals surface area contributed by atoms with Crippen molar-refractivity contribution in [2.24, 2.45) is 0 Å². The number of hydrogen-bond acceptors (Lipinski definition) is 3. The van der Waals surface area contributed by atoms with Gasteiger partial charge in [0.05, 0.1) is 0 Å². The first kappa shape index (κ1) is 23.1. The zero-order valence-electron chi connectivity index (χ0n) is 19.0.